The standard InChI is InChI=1S/C38H33N5O6/c1-23-13-15-25(16-14-23)39-42-34(45)30-22-31-28(19-20-40-36(47)41(37(48)43(31)40)26-11-7-4-8-12-26)33(29-18-17-27(44)21-32(29)49-2)38(30,35(42)46)24-9-5-3-6-10-24/h3-19,21,30-31,33,39,44H,20,22H2,1-2H3/t30-,31+,33+,38+/m0/s1. The zero-order chi connectivity index (χ0) is 34.0. The second kappa shape index (κ2) is 11.3. The van der Waals surface area contributed by atoms with Crippen LogP contribution in [0.3, 0.4) is 0 Å². The molecule has 246 valence electrons. The van der Waals surface area contributed by atoms with Gasteiger partial charge in [0.1, 0.15) is 11.5 Å². The summed E-state index contributed by atoms with van der Waals surface area (Å²) in [5.74, 6) is -2.40. The highest BCUT2D eigenvalue weighted by Gasteiger charge is 2.69. The van der Waals surface area contributed by atoms with Crippen LogP contribution in [-0.4, -0.2) is 43.0 Å². The molecule has 2 aliphatic heterocycles. The molecule has 1 aromatic heterocycles. The fourth-order valence-electron chi connectivity index (χ4n) is 8.09. The average Bonchev–Trinajstić information content (AvgIpc) is 3.50. The number of hydrazine groups is 1. The molecule has 49 heavy (non-hydrogen) atoms. The maximum atomic E-state index is 15.2. The Bertz CT molecular complexity index is 2270. The Morgan fingerprint density at radius 1 is 0.857 bits per heavy atom. The molecular formula is C38H33N5O6. The molecule has 3 heterocycles. The number of carbonyl (C=O) groups is 2. The van der Waals surface area contributed by atoms with Gasteiger partial charge in [-0.05, 0) is 54.8 Å². The number of allylic oxidation sites excluding steroid dienone is 2. The van der Waals surface area contributed by atoms with Crippen LogP contribution in [-0.2, 0) is 21.5 Å². The van der Waals surface area contributed by atoms with Crippen LogP contribution in [0.2, 0.25) is 0 Å². The second-order valence-corrected chi connectivity index (χ2v) is 12.7. The van der Waals surface area contributed by atoms with E-state index in [9.17, 15) is 19.5 Å². The number of aryl methyl sites for hydroxylation is 1. The number of nitrogens with zero attached hydrogens (tertiary/aromatic N) is 4. The summed E-state index contributed by atoms with van der Waals surface area (Å²) in [6.45, 7) is 2.02. The number of hydrogen-bond donors (Lipinski definition) is 2. The van der Waals surface area contributed by atoms with Crippen molar-refractivity contribution < 1.29 is 19.4 Å². The van der Waals surface area contributed by atoms with Crippen molar-refractivity contribution in [2.45, 2.75) is 37.3 Å². The van der Waals surface area contributed by atoms with E-state index in [1.54, 1.807) is 48.5 Å². The monoisotopic (exact) mass is 655 g/mol. The minimum absolute atomic E-state index is 0.0302. The largest absolute Gasteiger partial charge is 0.508 e. The predicted octanol–water partition coefficient (Wildman–Crippen LogP) is 4.44. The number of fused-ring (bicyclic) bond motifs is 4. The highest BCUT2D eigenvalue weighted by molar-refractivity contribution is 6.12. The molecule has 1 aliphatic carbocycles. The van der Waals surface area contributed by atoms with Crippen LogP contribution in [0.25, 0.3) is 5.69 Å². The highest BCUT2D eigenvalue weighted by atomic mass is 16.5. The van der Waals surface area contributed by atoms with E-state index in [2.05, 4.69) is 5.43 Å². The average molecular weight is 656 g/mol. The summed E-state index contributed by atoms with van der Waals surface area (Å²) in [7, 11) is 1.48. The normalized spacial score (nSPS) is 22.6. The molecule has 2 N–H and O–H groups in total. The number of benzene rings is 4. The molecular weight excluding hydrogens is 622 g/mol. The van der Waals surface area contributed by atoms with Crippen molar-refractivity contribution in [1.29, 1.82) is 0 Å². The first kappa shape index (κ1) is 30.2. The quantitative estimate of drug-likeness (QED) is 0.205. The third-order valence-electron chi connectivity index (χ3n) is 10.2. The first-order valence-corrected chi connectivity index (χ1v) is 16.1. The molecule has 2 fully saturated rings. The van der Waals surface area contributed by atoms with E-state index in [0.29, 0.717) is 33.8 Å². The Morgan fingerprint density at radius 3 is 2.24 bits per heavy atom. The molecule has 4 aromatic carbocycles. The molecule has 0 spiro atoms. The summed E-state index contributed by atoms with van der Waals surface area (Å²) in [6, 6.07) is 29.3. The number of anilines is 1. The Kier molecular flexibility index (Phi) is 6.95. The van der Waals surface area contributed by atoms with Gasteiger partial charge in [0.05, 0.1) is 42.4 Å². The first-order valence-electron chi connectivity index (χ1n) is 16.1. The lowest BCUT2D eigenvalue weighted by Gasteiger charge is -2.49. The lowest BCUT2D eigenvalue weighted by Crippen LogP contribution is -2.53. The number of phenolic OH excluding ortho intramolecular Hbond substituents is 1. The smallest absolute Gasteiger partial charge is 0.352 e. The van der Waals surface area contributed by atoms with Crippen LogP contribution in [0, 0.1) is 12.8 Å². The molecule has 8 rings (SSSR count). The number of aromatic hydroxyl groups is 1. The van der Waals surface area contributed by atoms with Crippen molar-refractivity contribution in [2.75, 3.05) is 12.5 Å². The first-order chi connectivity index (χ1) is 23.7. The van der Waals surface area contributed by atoms with Crippen LogP contribution in [0.15, 0.2) is 124 Å². The van der Waals surface area contributed by atoms with Crippen LogP contribution < -0.4 is 21.5 Å². The van der Waals surface area contributed by atoms with E-state index < -0.39 is 46.5 Å². The van der Waals surface area contributed by atoms with Gasteiger partial charge in [-0.2, -0.15) is 5.01 Å². The Labute approximate surface area is 280 Å². The van der Waals surface area contributed by atoms with Gasteiger partial charge in [0.25, 0.3) is 11.8 Å². The van der Waals surface area contributed by atoms with Gasteiger partial charge >= 0.3 is 11.4 Å². The lowest BCUT2D eigenvalue weighted by atomic mass is 9.53. The number of methoxy groups -OCH3 is 1. The molecule has 0 unspecified atom stereocenters. The van der Waals surface area contributed by atoms with Gasteiger partial charge in [-0.1, -0.05) is 78.4 Å². The molecule has 11 heteroatoms. The summed E-state index contributed by atoms with van der Waals surface area (Å²) < 4.78 is 9.79. The Balaban J connectivity index is 1.39. The van der Waals surface area contributed by atoms with Gasteiger partial charge in [-0.3, -0.25) is 15.0 Å². The maximum Gasteiger partial charge on any atom is 0.352 e. The van der Waals surface area contributed by atoms with Gasteiger partial charge < -0.3 is 9.84 Å². The number of hydrogen-bond acceptors (Lipinski definition) is 7. The SMILES string of the molecule is COc1cc(O)ccc1[C@H]1C2=CCn3c(=O)n(-c4ccccc4)c(=O)n3[C@@H]2C[C@H]2C(=O)N(Nc3ccc(C)cc3)C(=O)[C@@]12c1ccccc1. The van der Waals surface area contributed by atoms with Crippen molar-refractivity contribution in [1.82, 2.24) is 18.9 Å². The van der Waals surface area contributed by atoms with Crippen molar-refractivity contribution in [3.05, 3.63) is 152 Å². The minimum Gasteiger partial charge on any atom is -0.508 e. The molecule has 1 saturated heterocycles. The van der Waals surface area contributed by atoms with Crippen molar-refractivity contribution in [2.24, 2.45) is 5.92 Å². The van der Waals surface area contributed by atoms with Gasteiger partial charge in [0.2, 0.25) is 0 Å². The zero-order valence-corrected chi connectivity index (χ0v) is 26.8. The number of rotatable bonds is 6. The Morgan fingerprint density at radius 2 is 1.55 bits per heavy atom. The number of para-hydroxylation sites is 1. The topological polar surface area (TPSA) is 128 Å². The van der Waals surface area contributed by atoms with Gasteiger partial charge in [-0.15, -0.1) is 0 Å². The van der Waals surface area contributed by atoms with Gasteiger partial charge in [-0.25, -0.2) is 23.5 Å². The molecule has 11 nitrogen and oxygen atoms in total. The molecule has 3 aliphatic rings. The van der Waals surface area contributed by atoms with Crippen molar-refractivity contribution >= 4 is 17.5 Å². The summed E-state index contributed by atoms with van der Waals surface area (Å²) in [5.41, 5.74) is 4.49. The number of imide groups is 1. The van der Waals surface area contributed by atoms with E-state index in [1.165, 1.54) is 28.6 Å². The Hall–Kier alpha value is -6.10. The van der Waals surface area contributed by atoms with Crippen molar-refractivity contribution in [3.8, 4) is 17.2 Å². The third kappa shape index (κ3) is 4.35. The van der Waals surface area contributed by atoms with E-state index in [0.717, 1.165) is 15.1 Å². The third-order valence-corrected chi connectivity index (χ3v) is 10.2. The fourth-order valence-corrected chi connectivity index (χ4v) is 8.09. The lowest BCUT2D eigenvalue weighted by molar-refractivity contribution is -0.138. The number of carbonyl (C=O) groups excluding carboxylic acids is 2. The summed E-state index contributed by atoms with van der Waals surface area (Å²) in [4.78, 5) is 58.0. The summed E-state index contributed by atoms with van der Waals surface area (Å²) >= 11 is 0. The number of phenols is 1. The maximum absolute atomic E-state index is 15.2. The zero-order valence-electron chi connectivity index (χ0n) is 26.8. The number of aromatic nitrogens is 3. The molecule has 1 saturated carbocycles. The predicted molar refractivity (Wildman–Crippen MR) is 182 cm³/mol. The van der Waals surface area contributed by atoms with Gasteiger partial charge in [0, 0.05) is 17.5 Å². The second-order valence-electron chi connectivity index (χ2n) is 12.7. The number of ether oxygens (including phenoxy) is 1. The van der Waals surface area contributed by atoms with Crippen molar-refractivity contribution in [3.63, 3.8) is 0 Å². The molecule has 5 aromatic rings. The molecule has 0 bridgehead atoms. The summed E-state index contributed by atoms with van der Waals surface area (Å²) in [5, 5.41) is 11.6. The highest BCUT2D eigenvalue weighted by Crippen LogP contribution is 2.62. The van der Waals surface area contributed by atoms with E-state index in [1.807, 2.05) is 55.5 Å². The number of amides is 2. The fraction of sp³-hybridized carbons (Fsp3) is 0.211. The van der Waals surface area contributed by atoms with Crippen LogP contribution in [0.4, 0.5) is 5.69 Å². The van der Waals surface area contributed by atoms with E-state index >= 15 is 4.79 Å². The van der Waals surface area contributed by atoms with Gasteiger partial charge in [0.15, 0.2) is 0 Å². The number of nitrogens with one attached hydrogen (secondary N) is 1. The molecule has 0 radical (unpaired) electrons. The van der Waals surface area contributed by atoms with Crippen LogP contribution in [0.5, 0.6) is 11.5 Å². The van der Waals surface area contributed by atoms with Crippen LogP contribution >= 0.6 is 0 Å². The molecule has 4 atom stereocenters. The summed E-state index contributed by atoms with van der Waals surface area (Å²) in [6.07, 6.45) is 1.97. The van der Waals surface area contributed by atoms with E-state index in [4.69, 9.17) is 4.74 Å². The minimum atomic E-state index is -1.48. The van der Waals surface area contributed by atoms with E-state index in [-0.39, 0.29) is 18.7 Å². The molecule has 2 amide bonds. The van der Waals surface area contributed by atoms with Crippen LogP contribution in [0.1, 0.15) is 35.1 Å².